The molecule has 0 N–H and O–H groups in total. The molecule has 0 atom stereocenters. The van der Waals surface area contributed by atoms with Crippen molar-refractivity contribution < 1.29 is 0 Å². The van der Waals surface area contributed by atoms with Crippen LogP contribution in [-0.2, 0) is 12.8 Å². The number of hydrogen-bond donors (Lipinski definition) is 0. The fourth-order valence-electron chi connectivity index (χ4n) is 2.30. The molecular formula is C14H21N. The molecule has 82 valence electrons. The maximum Gasteiger partial charge on any atom is 0.0406 e. The third-order valence-electron chi connectivity index (χ3n) is 3.23. The predicted octanol–water partition coefficient (Wildman–Crippen LogP) is 3.91. The SMILES string of the molecule is c1cc2nc(c1)CCCCCCCCC2. The lowest BCUT2D eigenvalue weighted by molar-refractivity contribution is 0.568. The summed E-state index contributed by atoms with van der Waals surface area (Å²) in [7, 11) is 0. The molecule has 1 aliphatic rings. The molecule has 0 spiro atoms. The molecule has 0 aromatic carbocycles. The van der Waals surface area contributed by atoms with Gasteiger partial charge in [0.25, 0.3) is 0 Å². The second-order valence-electron chi connectivity index (χ2n) is 4.60. The molecule has 1 aromatic rings. The van der Waals surface area contributed by atoms with Crippen LogP contribution in [0.25, 0.3) is 0 Å². The molecule has 0 saturated carbocycles. The highest BCUT2D eigenvalue weighted by atomic mass is 14.7. The molecule has 0 aliphatic carbocycles. The number of aromatic nitrogens is 1. The average Bonchev–Trinajstić information content (AvgIpc) is 2.26. The Bertz CT molecular complexity index is 268. The van der Waals surface area contributed by atoms with Crippen LogP contribution in [0.5, 0.6) is 0 Å². The van der Waals surface area contributed by atoms with Crippen molar-refractivity contribution in [2.45, 2.75) is 57.8 Å². The zero-order valence-corrected chi connectivity index (χ0v) is 9.54. The molecule has 15 heavy (non-hydrogen) atoms. The van der Waals surface area contributed by atoms with E-state index in [0.717, 1.165) is 0 Å². The maximum absolute atomic E-state index is 4.71. The zero-order chi connectivity index (χ0) is 10.3. The highest BCUT2D eigenvalue weighted by Gasteiger charge is 2.01. The highest BCUT2D eigenvalue weighted by Crippen LogP contribution is 2.13. The van der Waals surface area contributed by atoms with Crippen LogP contribution >= 0.6 is 0 Å². The topological polar surface area (TPSA) is 12.9 Å². The minimum Gasteiger partial charge on any atom is -0.258 e. The number of aryl methyl sites for hydroxylation is 2. The summed E-state index contributed by atoms with van der Waals surface area (Å²) >= 11 is 0. The molecule has 0 fully saturated rings. The number of rotatable bonds is 0. The van der Waals surface area contributed by atoms with Gasteiger partial charge >= 0.3 is 0 Å². The number of fused-ring (bicyclic) bond motifs is 2. The Morgan fingerprint density at radius 3 is 1.67 bits per heavy atom. The maximum atomic E-state index is 4.71. The minimum absolute atomic E-state index is 1.17. The van der Waals surface area contributed by atoms with Crippen LogP contribution in [0.3, 0.4) is 0 Å². The van der Waals surface area contributed by atoms with E-state index in [1.165, 1.54) is 69.2 Å². The quantitative estimate of drug-likeness (QED) is 0.623. The van der Waals surface area contributed by atoms with E-state index in [2.05, 4.69) is 18.2 Å². The van der Waals surface area contributed by atoms with Crippen molar-refractivity contribution in [1.82, 2.24) is 4.98 Å². The van der Waals surface area contributed by atoms with Crippen molar-refractivity contribution in [3.05, 3.63) is 29.6 Å². The van der Waals surface area contributed by atoms with Crippen LogP contribution in [0.2, 0.25) is 0 Å². The highest BCUT2D eigenvalue weighted by molar-refractivity contribution is 5.11. The number of hydrogen-bond acceptors (Lipinski definition) is 1. The Kier molecular flexibility index (Phi) is 4.19. The van der Waals surface area contributed by atoms with Gasteiger partial charge in [0.2, 0.25) is 0 Å². The summed E-state index contributed by atoms with van der Waals surface area (Å²) in [5.74, 6) is 0. The van der Waals surface area contributed by atoms with Gasteiger partial charge in [-0.2, -0.15) is 0 Å². The van der Waals surface area contributed by atoms with Gasteiger partial charge < -0.3 is 0 Å². The molecule has 0 saturated heterocycles. The number of nitrogens with zero attached hydrogens (tertiary/aromatic N) is 1. The van der Waals surface area contributed by atoms with Gasteiger partial charge in [-0.3, -0.25) is 4.98 Å². The van der Waals surface area contributed by atoms with Crippen molar-refractivity contribution in [1.29, 1.82) is 0 Å². The first kappa shape index (κ1) is 10.7. The Morgan fingerprint density at radius 2 is 1.13 bits per heavy atom. The van der Waals surface area contributed by atoms with Gasteiger partial charge in [-0.15, -0.1) is 0 Å². The lowest BCUT2D eigenvalue weighted by Crippen LogP contribution is -1.97. The van der Waals surface area contributed by atoms with Gasteiger partial charge in [-0.1, -0.05) is 38.2 Å². The third-order valence-corrected chi connectivity index (χ3v) is 3.23. The molecule has 0 unspecified atom stereocenters. The van der Waals surface area contributed by atoms with Crippen molar-refractivity contribution >= 4 is 0 Å². The largest absolute Gasteiger partial charge is 0.258 e. The summed E-state index contributed by atoms with van der Waals surface area (Å²) < 4.78 is 0. The first-order valence-electron chi connectivity index (χ1n) is 6.40. The van der Waals surface area contributed by atoms with Crippen molar-refractivity contribution in [2.75, 3.05) is 0 Å². The van der Waals surface area contributed by atoms with Crippen LogP contribution in [0.4, 0.5) is 0 Å². The summed E-state index contributed by atoms with van der Waals surface area (Å²) in [6, 6.07) is 6.52. The summed E-state index contributed by atoms with van der Waals surface area (Å²) in [5, 5.41) is 0. The molecule has 0 radical (unpaired) electrons. The molecule has 2 heterocycles. The van der Waals surface area contributed by atoms with Gasteiger partial charge in [0.1, 0.15) is 0 Å². The minimum atomic E-state index is 1.17. The molecule has 1 nitrogen and oxygen atoms in total. The summed E-state index contributed by atoms with van der Waals surface area (Å²) in [5.41, 5.74) is 2.60. The van der Waals surface area contributed by atoms with Crippen molar-refractivity contribution in [3.63, 3.8) is 0 Å². The normalized spacial score (nSPS) is 18.9. The van der Waals surface area contributed by atoms with Gasteiger partial charge in [0, 0.05) is 11.4 Å². The van der Waals surface area contributed by atoms with E-state index in [1.54, 1.807) is 0 Å². The third kappa shape index (κ3) is 3.65. The van der Waals surface area contributed by atoms with Crippen LogP contribution in [-0.4, -0.2) is 4.98 Å². The smallest absolute Gasteiger partial charge is 0.0406 e. The summed E-state index contributed by atoms with van der Waals surface area (Å²) in [6.07, 6.45) is 12.0. The fourth-order valence-corrected chi connectivity index (χ4v) is 2.30. The van der Waals surface area contributed by atoms with Gasteiger partial charge in [-0.05, 0) is 37.8 Å². The monoisotopic (exact) mass is 203 g/mol. The first-order chi connectivity index (χ1) is 7.45. The molecule has 1 heteroatoms. The molecule has 0 amide bonds. The van der Waals surface area contributed by atoms with E-state index in [-0.39, 0.29) is 0 Å². The van der Waals surface area contributed by atoms with E-state index >= 15 is 0 Å². The summed E-state index contributed by atoms with van der Waals surface area (Å²) in [4.78, 5) is 4.71. The van der Waals surface area contributed by atoms with E-state index in [1.807, 2.05) is 0 Å². The van der Waals surface area contributed by atoms with E-state index in [0.29, 0.717) is 0 Å². The van der Waals surface area contributed by atoms with E-state index in [9.17, 15) is 0 Å². The zero-order valence-electron chi connectivity index (χ0n) is 9.54. The van der Waals surface area contributed by atoms with Crippen LogP contribution in [0.1, 0.15) is 56.3 Å². The number of pyridine rings is 1. The van der Waals surface area contributed by atoms with Gasteiger partial charge in [0.15, 0.2) is 0 Å². The van der Waals surface area contributed by atoms with Crippen molar-refractivity contribution in [3.8, 4) is 0 Å². The Morgan fingerprint density at radius 1 is 0.667 bits per heavy atom. The Hall–Kier alpha value is -0.850. The second-order valence-corrected chi connectivity index (χ2v) is 4.60. The summed E-state index contributed by atoms with van der Waals surface area (Å²) in [6.45, 7) is 0. The second kappa shape index (κ2) is 5.89. The Balaban J connectivity index is 2.00. The van der Waals surface area contributed by atoms with Gasteiger partial charge in [-0.25, -0.2) is 0 Å². The van der Waals surface area contributed by atoms with Crippen LogP contribution in [0.15, 0.2) is 18.2 Å². The fraction of sp³-hybridized carbons (Fsp3) is 0.643. The molecule has 1 aliphatic heterocycles. The lowest BCUT2D eigenvalue weighted by Gasteiger charge is -2.07. The lowest BCUT2D eigenvalue weighted by atomic mass is 10.0. The predicted molar refractivity (Wildman–Crippen MR) is 64.0 cm³/mol. The standard InChI is InChI=1S/C14H21N/c1-2-4-6-9-13-11-8-12-14(15-13)10-7-5-3-1/h8,11-12H,1-7,9-10H2. The van der Waals surface area contributed by atoms with Gasteiger partial charge in [0.05, 0.1) is 0 Å². The molecule has 1 aromatic heterocycles. The van der Waals surface area contributed by atoms with E-state index < -0.39 is 0 Å². The average molecular weight is 203 g/mol. The van der Waals surface area contributed by atoms with Crippen molar-refractivity contribution in [2.24, 2.45) is 0 Å². The first-order valence-corrected chi connectivity index (χ1v) is 6.40. The Labute approximate surface area is 92.9 Å². The molecule has 2 rings (SSSR count). The van der Waals surface area contributed by atoms with Crippen LogP contribution < -0.4 is 0 Å². The molecular weight excluding hydrogens is 182 g/mol. The van der Waals surface area contributed by atoms with Crippen LogP contribution in [0, 0.1) is 0 Å². The molecule has 2 bridgehead atoms. The van der Waals surface area contributed by atoms with E-state index in [4.69, 9.17) is 4.98 Å².